The minimum absolute atomic E-state index is 0.0515. The van der Waals surface area contributed by atoms with Crippen LogP contribution >= 0.6 is 0 Å². The van der Waals surface area contributed by atoms with E-state index in [1.54, 1.807) is 14.2 Å². The van der Waals surface area contributed by atoms with E-state index in [0.29, 0.717) is 30.3 Å². The SMILES string of the molecule is CCCN1C(=O)c2[nH]nc(-c3ccc(OCC)cc3)c2[C@@H]1c1ccc(OC)cc1OC. The maximum atomic E-state index is 13.2. The van der Waals surface area contributed by atoms with E-state index in [-0.39, 0.29) is 11.9 Å². The van der Waals surface area contributed by atoms with Crippen LogP contribution in [0.4, 0.5) is 0 Å². The number of hydrogen-bond donors (Lipinski definition) is 1. The molecule has 7 heteroatoms. The van der Waals surface area contributed by atoms with Crippen molar-refractivity contribution < 1.29 is 19.0 Å². The molecule has 0 aliphatic carbocycles. The molecule has 1 aliphatic heterocycles. The van der Waals surface area contributed by atoms with E-state index < -0.39 is 0 Å². The van der Waals surface area contributed by atoms with E-state index in [2.05, 4.69) is 17.1 Å². The van der Waals surface area contributed by atoms with Crippen LogP contribution in [0.1, 0.15) is 47.9 Å². The molecule has 0 unspecified atom stereocenters. The van der Waals surface area contributed by atoms with Gasteiger partial charge in [-0.1, -0.05) is 6.92 Å². The van der Waals surface area contributed by atoms with E-state index in [9.17, 15) is 4.79 Å². The van der Waals surface area contributed by atoms with Crippen molar-refractivity contribution in [3.8, 4) is 28.5 Å². The number of fused-ring (bicyclic) bond motifs is 1. The summed E-state index contributed by atoms with van der Waals surface area (Å²) in [6.07, 6.45) is 0.844. The van der Waals surface area contributed by atoms with Crippen LogP contribution in [0.25, 0.3) is 11.3 Å². The van der Waals surface area contributed by atoms with Gasteiger partial charge in [0.1, 0.15) is 22.9 Å². The smallest absolute Gasteiger partial charge is 0.273 e. The summed E-state index contributed by atoms with van der Waals surface area (Å²) in [5.41, 5.74) is 3.97. The number of carbonyl (C=O) groups is 1. The Bertz CT molecular complexity index is 1070. The number of carbonyl (C=O) groups excluding carboxylic acids is 1. The van der Waals surface area contributed by atoms with Gasteiger partial charge in [0.2, 0.25) is 0 Å². The third-order valence-electron chi connectivity index (χ3n) is 5.50. The van der Waals surface area contributed by atoms with Crippen molar-refractivity contribution in [1.82, 2.24) is 15.1 Å². The maximum Gasteiger partial charge on any atom is 0.273 e. The number of amides is 1. The van der Waals surface area contributed by atoms with Crippen LogP contribution < -0.4 is 14.2 Å². The number of nitrogens with one attached hydrogen (secondary N) is 1. The number of aromatic amines is 1. The molecule has 1 atom stereocenters. The van der Waals surface area contributed by atoms with Crippen molar-refractivity contribution in [3.05, 3.63) is 59.3 Å². The van der Waals surface area contributed by atoms with Gasteiger partial charge in [-0.3, -0.25) is 9.89 Å². The zero-order valence-electron chi connectivity index (χ0n) is 18.3. The lowest BCUT2D eigenvalue weighted by atomic mass is 9.95. The molecule has 7 nitrogen and oxygen atoms in total. The van der Waals surface area contributed by atoms with Crippen LogP contribution in [-0.2, 0) is 0 Å². The number of hydrogen-bond acceptors (Lipinski definition) is 5. The standard InChI is InChI=1S/C24H27N3O4/c1-5-13-27-23(18-12-11-17(29-3)14-19(18)30-4)20-21(25-26-22(20)24(27)28)15-7-9-16(10-8-15)31-6-2/h7-12,14,23H,5-6,13H2,1-4H3,(H,25,26)/t23-/m0/s1. The van der Waals surface area contributed by atoms with Crippen LogP contribution in [0.2, 0.25) is 0 Å². The highest BCUT2D eigenvalue weighted by molar-refractivity contribution is 6.00. The van der Waals surface area contributed by atoms with E-state index in [4.69, 9.17) is 14.2 Å². The summed E-state index contributed by atoms with van der Waals surface area (Å²) < 4.78 is 16.6. The molecule has 0 fully saturated rings. The Morgan fingerprint density at radius 2 is 1.77 bits per heavy atom. The number of ether oxygens (including phenoxy) is 3. The van der Waals surface area contributed by atoms with Crippen molar-refractivity contribution in [1.29, 1.82) is 0 Å². The van der Waals surface area contributed by atoms with Gasteiger partial charge in [-0.2, -0.15) is 5.10 Å². The third kappa shape index (κ3) is 3.60. The number of H-pyrrole nitrogens is 1. The minimum Gasteiger partial charge on any atom is -0.497 e. The molecule has 0 bridgehead atoms. The van der Waals surface area contributed by atoms with E-state index in [1.165, 1.54) is 0 Å². The average molecular weight is 421 g/mol. The fourth-order valence-electron chi connectivity index (χ4n) is 4.13. The molecule has 1 N–H and O–H groups in total. The zero-order valence-corrected chi connectivity index (χ0v) is 18.3. The summed E-state index contributed by atoms with van der Waals surface area (Å²) in [5, 5.41) is 7.50. The topological polar surface area (TPSA) is 76.7 Å². The zero-order chi connectivity index (χ0) is 22.0. The molecule has 2 aromatic carbocycles. The number of aromatic nitrogens is 2. The number of nitrogens with zero attached hydrogens (tertiary/aromatic N) is 2. The van der Waals surface area contributed by atoms with Gasteiger partial charge in [0, 0.05) is 29.3 Å². The minimum atomic E-state index is -0.302. The first-order chi connectivity index (χ1) is 15.1. The first-order valence-electron chi connectivity index (χ1n) is 10.5. The van der Waals surface area contributed by atoms with Gasteiger partial charge in [0.15, 0.2) is 0 Å². The molecule has 0 spiro atoms. The number of methoxy groups -OCH3 is 2. The highest BCUT2D eigenvalue weighted by Crippen LogP contribution is 2.46. The van der Waals surface area contributed by atoms with Gasteiger partial charge < -0.3 is 19.1 Å². The van der Waals surface area contributed by atoms with Crippen LogP contribution in [0.5, 0.6) is 17.2 Å². The highest BCUT2D eigenvalue weighted by atomic mass is 16.5. The molecule has 0 radical (unpaired) electrons. The number of benzene rings is 2. The Hall–Kier alpha value is -3.48. The predicted octanol–water partition coefficient (Wildman–Crippen LogP) is 4.45. The summed E-state index contributed by atoms with van der Waals surface area (Å²) in [6.45, 7) is 5.25. The van der Waals surface area contributed by atoms with Gasteiger partial charge in [-0.15, -0.1) is 0 Å². The molecule has 1 amide bonds. The summed E-state index contributed by atoms with van der Waals surface area (Å²) in [7, 11) is 3.25. The first kappa shape index (κ1) is 20.8. The Labute approximate surface area is 181 Å². The third-order valence-corrected chi connectivity index (χ3v) is 5.50. The van der Waals surface area contributed by atoms with Crippen molar-refractivity contribution in [2.45, 2.75) is 26.3 Å². The fourth-order valence-corrected chi connectivity index (χ4v) is 4.13. The summed E-state index contributed by atoms with van der Waals surface area (Å²) in [6, 6.07) is 13.2. The molecule has 1 aliphatic rings. The second kappa shape index (κ2) is 8.71. The van der Waals surface area contributed by atoms with Gasteiger partial charge >= 0.3 is 0 Å². The molecule has 31 heavy (non-hydrogen) atoms. The number of rotatable bonds is 8. The van der Waals surface area contributed by atoms with Gasteiger partial charge in [0.25, 0.3) is 5.91 Å². The van der Waals surface area contributed by atoms with Crippen molar-refractivity contribution >= 4 is 5.91 Å². The average Bonchev–Trinajstić information content (AvgIpc) is 3.34. The molecule has 162 valence electrons. The van der Waals surface area contributed by atoms with Crippen LogP contribution in [-0.4, -0.2) is 48.4 Å². The lowest BCUT2D eigenvalue weighted by Crippen LogP contribution is -2.30. The van der Waals surface area contributed by atoms with Crippen LogP contribution in [0.3, 0.4) is 0 Å². The van der Waals surface area contributed by atoms with E-state index in [1.807, 2.05) is 54.3 Å². The Kier molecular flexibility index (Phi) is 5.84. The van der Waals surface area contributed by atoms with Crippen molar-refractivity contribution in [2.75, 3.05) is 27.4 Å². The molecular formula is C24H27N3O4. The van der Waals surface area contributed by atoms with E-state index >= 15 is 0 Å². The van der Waals surface area contributed by atoms with Gasteiger partial charge in [-0.25, -0.2) is 0 Å². The van der Waals surface area contributed by atoms with Crippen LogP contribution in [0.15, 0.2) is 42.5 Å². The van der Waals surface area contributed by atoms with Crippen molar-refractivity contribution in [3.63, 3.8) is 0 Å². The second-order valence-corrected chi connectivity index (χ2v) is 7.33. The monoisotopic (exact) mass is 421 g/mol. The second-order valence-electron chi connectivity index (χ2n) is 7.33. The van der Waals surface area contributed by atoms with E-state index in [0.717, 1.165) is 34.6 Å². The van der Waals surface area contributed by atoms with Crippen LogP contribution in [0, 0.1) is 0 Å². The maximum absolute atomic E-state index is 13.2. The van der Waals surface area contributed by atoms with Gasteiger partial charge in [0.05, 0.1) is 32.6 Å². The fraction of sp³-hybridized carbons (Fsp3) is 0.333. The lowest BCUT2D eigenvalue weighted by molar-refractivity contribution is 0.0742. The lowest BCUT2D eigenvalue weighted by Gasteiger charge is -2.27. The molecule has 0 saturated carbocycles. The molecule has 3 aromatic rings. The molecule has 2 heterocycles. The molecular weight excluding hydrogens is 394 g/mol. The Morgan fingerprint density at radius 3 is 2.42 bits per heavy atom. The summed E-state index contributed by atoms with van der Waals surface area (Å²) in [4.78, 5) is 15.1. The summed E-state index contributed by atoms with van der Waals surface area (Å²) in [5.74, 6) is 2.12. The Balaban J connectivity index is 1.85. The normalized spacial score (nSPS) is 15.2. The van der Waals surface area contributed by atoms with Gasteiger partial charge in [-0.05, 0) is 49.7 Å². The summed E-state index contributed by atoms with van der Waals surface area (Å²) >= 11 is 0. The molecule has 4 rings (SSSR count). The highest BCUT2D eigenvalue weighted by Gasteiger charge is 2.42. The van der Waals surface area contributed by atoms with Crippen molar-refractivity contribution in [2.24, 2.45) is 0 Å². The largest absolute Gasteiger partial charge is 0.497 e. The molecule has 1 aromatic heterocycles. The quantitative estimate of drug-likeness (QED) is 0.582. The predicted molar refractivity (Wildman–Crippen MR) is 118 cm³/mol. The Morgan fingerprint density at radius 1 is 1.03 bits per heavy atom. The molecule has 0 saturated heterocycles. The first-order valence-corrected chi connectivity index (χ1v) is 10.5.